The van der Waals surface area contributed by atoms with Gasteiger partial charge >= 0.3 is 6.18 Å². The Hall–Kier alpha value is -3.29. The highest BCUT2D eigenvalue weighted by Crippen LogP contribution is 2.36. The summed E-state index contributed by atoms with van der Waals surface area (Å²) in [5, 5.41) is 0.671. The van der Waals surface area contributed by atoms with E-state index in [2.05, 4.69) is 14.9 Å². The van der Waals surface area contributed by atoms with Crippen LogP contribution in [0.15, 0.2) is 73.1 Å². The van der Waals surface area contributed by atoms with Crippen LogP contribution in [0.5, 0.6) is 0 Å². The lowest BCUT2D eigenvalue weighted by atomic mass is 10.0. The van der Waals surface area contributed by atoms with Crippen LogP contribution in [-0.4, -0.2) is 26.4 Å². The van der Waals surface area contributed by atoms with Crippen molar-refractivity contribution in [3.05, 3.63) is 100 Å². The van der Waals surface area contributed by atoms with Crippen molar-refractivity contribution < 1.29 is 13.2 Å². The fourth-order valence-corrected chi connectivity index (χ4v) is 4.26. The van der Waals surface area contributed by atoms with Gasteiger partial charge in [-0.2, -0.15) is 13.2 Å². The third-order valence-electron chi connectivity index (χ3n) is 5.85. The largest absolute Gasteiger partial charge is 0.417 e. The molecule has 0 fully saturated rings. The molecule has 8 heteroatoms. The number of pyridine rings is 1. The van der Waals surface area contributed by atoms with Gasteiger partial charge in [-0.1, -0.05) is 35.9 Å². The number of nitrogens with zero attached hydrogens (tertiary/aromatic N) is 4. The third-order valence-corrected chi connectivity index (χ3v) is 6.11. The molecule has 0 atom stereocenters. The van der Waals surface area contributed by atoms with Crippen LogP contribution >= 0.6 is 11.6 Å². The van der Waals surface area contributed by atoms with Crippen molar-refractivity contribution in [1.82, 2.24) is 19.9 Å². The van der Waals surface area contributed by atoms with Gasteiger partial charge in [0.1, 0.15) is 0 Å². The van der Waals surface area contributed by atoms with E-state index < -0.39 is 11.7 Å². The summed E-state index contributed by atoms with van der Waals surface area (Å²) in [5.74, 6) is 0.683. The van der Waals surface area contributed by atoms with Crippen LogP contribution in [0, 0.1) is 0 Å². The van der Waals surface area contributed by atoms with Crippen molar-refractivity contribution in [3.8, 4) is 22.6 Å². The minimum Gasteiger partial charge on any atom is -0.294 e. The average Bonchev–Trinajstić information content (AvgIpc) is 2.84. The zero-order valence-electron chi connectivity index (χ0n) is 18.1. The third kappa shape index (κ3) is 4.81. The van der Waals surface area contributed by atoms with E-state index in [-0.39, 0.29) is 5.56 Å². The first-order chi connectivity index (χ1) is 16.4. The fraction of sp³-hybridized carbons (Fsp3) is 0.192. The van der Waals surface area contributed by atoms with Gasteiger partial charge in [-0.15, -0.1) is 0 Å². The van der Waals surface area contributed by atoms with Crippen LogP contribution in [0.4, 0.5) is 13.2 Å². The van der Waals surface area contributed by atoms with E-state index in [0.717, 1.165) is 41.4 Å². The smallest absolute Gasteiger partial charge is 0.294 e. The molecule has 0 radical (unpaired) electrons. The molecule has 1 aliphatic heterocycles. The number of benzene rings is 2. The molecule has 3 heterocycles. The summed E-state index contributed by atoms with van der Waals surface area (Å²) in [5.41, 5.74) is 3.69. The highest BCUT2D eigenvalue weighted by atomic mass is 35.5. The molecule has 0 N–H and O–H groups in total. The number of hydrogen-bond donors (Lipinski definition) is 0. The number of hydrogen-bond acceptors (Lipinski definition) is 4. The van der Waals surface area contributed by atoms with E-state index in [1.54, 1.807) is 18.3 Å². The first kappa shape index (κ1) is 22.5. The van der Waals surface area contributed by atoms with Crippen molar-refractivity contribution in [2.24, 2.45) is 0 Å². The van der Waals surface area contributed by atoms with E-state index in [4.69, 9.17) is 16.6 Å². The van der Waals surface area contributed by atoms with Gasteiger partial charge in [0.15, 0.2) is 5.82 Å². The molecule has 0 saturated carbocycles. The van der Waals surface area contributed by atoms with Crippen LogP contribution in [0.3, 0.4) is 0 Å². The summed E-state index contributed by atoms with van der Waals surface area (Å²) < 4.78 is 40.0. The predicted octanol–water partition coefficient (Wildman–Crippen LogP) is 6.44. The molecule has 0 saturated heterocycles. The average molecular weight is 481 g/mol. The summed E-state index contributed by atoms with van der Waals surface area (Å²) in [6, 6.07) is 16.4. The standard InChI is InChI=1S/C26H20ClF3N4/c27-20-8-6-18(7-9-20)25-32-14-19-16-34(12-11-23(19)33-25)15-17-5-10-24(31-13-17)21-3-1-2-4-22(21)26(28,29)30/h1-10,13-14H,11-12,15-16H2. The molecule has 0 unspecified atom stereocenters. The fourth-order valence-electron chi connectivity index (χ4n) is 4.14. The number of rotatable bonds is 4. The molecule has 1 aliphatic rings. The van der Waals surface area contributed by atoms with E-state index >= 15 is 0 Å². The number of halogens is 4. The lowest BCUT2D eigenvalue weighted by Crippen LogP contribution is -2.31. The molecule has 0 aliphatic carbocycles. The molecule has 0 bridgehead atoms. The molecule has 4 nitrogen and oxygen atoms in total. The zero-order valence-corrected chi connectivity index (χ0v) is 18.8. The molecule has 2 aromatic carbocycles. The molecule has 5 rings (SSSR count). The number of alkyl halides is 3. The summed E-state index contributed by atoms with van der Waals surface area (Å²) >= 11 is 5.97. The van der Waals surface area contributed by atoms with Crippen LogP contribution in [0.2, 0.25) is 5.02 Å². The van der Waals surface area contributed by atoms with Crippen molar-refractivity contribution in [3.63, 3.8) is 0 Å². The van der Waals surface area contributed by atoms with Gasteiger partial charge in [-0.3, -0.25) is 9.88 Å². The van der Waals surface area contributed by atoms with Crippen LogP contribution in [0.25, 0.3) is 22.6 Å². The molecule has 34 heavy (non-hydrogen) atoms. The molecular weight excluding hydrogens is 461 g/mol. The second-order valence-corrected chi connectivity index (χ2v) is 8.66. The van der Waals surface area contributed by atoms with Crippen molar-refractivity contribution in [1.29, 1.82) is 0 Å². The quantitative estimate of drug-likeness (QED) is 0.337. The zero-order chi connectivity index (χ0) is 23.7. The van der Waals surface area contributed by atoms with Gasteiger partial charge in [-0.25, -0.2) is 9.97 Å². The summed E-state index contributed by atoms with van der Waals surface area (Å²) in [4.78, 5) is 15.8. The van der Waals surface area contributed by atoms with E-state index in [1.165, 1.54) is 12.1 Å². The Kier molecular flexibility index (Phi) is 6.06. The normalized spacial score (nSPS) is 14.1. The Bertz CT molecular complexity index is 1310. The van der Waals surface area contributed by atoms with Crippen molar-refractivity contribution in [2.75, 3.05) is 6.54 Å². The molecule has 0 amide bonds. The minimum atomic E-state index is -4.42. The van der Waals surface area contributed by atoms with Gasteiger partial charge < -0.3 is 0 Å². The molecule has 0 spiro atoms. The van der Waals surface area contributed by atoms with Gasteiger partial charge in [-0.05, 0) is 42.0 Å². The SMILES string of the molecule is FC(F)(F)c1ccccc1-c1ccc(CN2CCc3nc(-c4ccc(Cl)cc4)ncc3C2)cn1. The Morgan fingerprint density at radius 2 is 1.71 bits per heavy atom. The molecular formula is C26H20ClF3N4. The Morgan fingerprint density at radius 1 is 0.912 bits per heavy atom. The second kappa shape index (κ2) is 9.16. The Balaban J connectivity index is 1.28. The maximum atomic E-state index is 13.3. The Morgan fingerprint density at radius 3 is 2.44 bits per heavy atom. The highest BCUT2D eigenvalue weighted by molar-refractivity contribution is 6.30. The van der Waals surface area contributed by atoms with Gasteiger partial charge in [0.25, 0.3) is 0 Å². The lowest BCUT2D eigenvalue weighted by Gasteiger charge is -2.28. The van der Waals surface area contributed by atoms with Gasteiger partial charge in [0.2, 0.25) is 0 Å². The first-order valence-electron chi connectivity index (χ1n) is 10.8. The summed E-state index contributed by atoms with van der Waals surface area (Å²) in [6.45, 7) is 2.17. The van der Waals surface area contributed by atoms with Gasteiger partial charge in [0.05, 0.1) is 17.0 Å². The first-order valence-corrected chi connectivity index (χ1v) is 11.2. The monoisotopic (exact) mass is 480 g/mol. The van der Waals surface area contributed by atoms with Crippen LogP contribution in [-0.2, 0) is 25.7 Å². The topological polar surface area (TPSA) is 41.9 Å². The highest BCUT2D eigenvalue weighted by Gasteiger charge is 2.33. The lowest BCUT2D eigenvalue weighted by molar-refractivity contribution is -0.137. The number of aromatic nitrogens is 3. The van der Waals surface area contributed by atoms with E-state index in [9.17, 15) is 13.2 Å². The van der Waals surface area contributed by atoms with E-state index in [0.29, 0.717) is 29.6 Å². The second-order valence-electron chi connectivity index (χ2n) is 8.23. The van der Waals surface area contributed by atoms with Crippen molar-refractivity contribution >= 4 is 11.6 Å². The molecule has 2 aromatic heterocycles. The summed E-state index contributed by atoms with van der Waals surface area (Å²) in [7, 11) is 0. The minimum absolute atomic E-state index is 0.0853. The van der Waals surface area contributed by atoms with Crippen LogP contribution < -0.4 is 0 Å². The Labute approximate surface area is 200 Å². The summed E-state index contributed by atoms with van der Waals surface area (Å²) in [6.07, 6.45) is -0.109. The predicted molar refractivity (Wildman–Crippen MR) is 125 cm³/mol. The molecule has 4 aromatic rings. The maximum absolute atomic E-state index is 13.3. The van der Waals surface area contributed by atoms with Gasteiger partial charge in [0, 0.05) is 60.2 Å². The number of fused-ring (bicyclic) bond motifs is 1. The molecule has 172 valence electrons. The van der Waals surface area contributed by atoms with E-state index in [1.807, 2.05) is 36.5 Å². The van der Waals surface area contributed by atoms with Crippen molar-refractivity contribution in [2.45, 2.75) is 25.7 Å². The van der Waals surface area contributed by atoms with Crippen LogP contribution in [0.1, 0.15) is 22.4 Å². The maximum Gasteiger partial charge on any atom is 0.417 e.